The first-order valence-corrected chi connectivity index (χ1v) is 4.68. The van der Waals surface area contributed by atoms with Gasteiger partial charge in [-0.3, -0.25) is 0 Å². The van der Waals surface area contributed by atoms with Gasteiger partial charge in [-0.1, -0.05) is 13.3 Å². The third-order valence-electron chi connectivity index (χ3n) is 2.11. The van der Waals surface area contributed by atoms with Crippen LogP contribution in [0.15, 0.2) is 17.0 Å². The maximum absolute atomic E-state index is 5.84. The van der Waals surface area contributed by atoms with E-state index in [1.54, 1.807) is 0 Å². The summed E-state index contributed by atoms with van der Waals surface area (Å²) in [5.41, 5.74) is 9.21. The Hall–Kier alpha value is -0.630. The minimum atomic E-state index is 0.896. The minimum Gasteiger partial charge on any atom is -0.398 e. The van der Waals surface area contributed by atoms with E-state index in [0.29, 0.717) is 0 Å². The molecule has 1 nitrogen and oxygen atoms in total. The van der Waals surface area contributed by atoms with Crippen LogP contribution in [-0.4, -0.2) is 0 Å². The van der Waals surface area contributed by atoms with Gasteiger partial charge in [0.05, 0.1) is 0 Å². The first-order valence-electron chi connectivity index (χ1n) is 4.23. The van der Waals surface area contributed by atoms with Crippen molar-refractivity contribution in [2.24, 2.45) is 0 Å². The molecule has 0 amide bonds. The molecule has 0 bridgehead atoms. The standard InChI is InChI=1S/C10H15NS/c1-3-4-8-7(2)10(12)6-5-9(8)11/h5-6,12H,3-4,11H2,1-2H3. The van der Waals surface area contributed by atoms with Gasteiger partial charge in [-0.15, -0.1) is 12.6 Å². The zero-order valence-corrected chi connectivity index (χ0v) is 8.49. The highest BCUT2D eigenvalue weighted by Crippen LogP contribution is 2.24. The van der Waals surface area contributed by atoms with Gasteiger partial charge in [0.15, 0.2) is 0 Å². The van der Waals surface area contributed by atoms with Crippen molar-refractivity contribution in [1.29, 1.82) is 0 Å². The second-order valence-electron chi connectivity index (χ2n) is 3.03. The second kappa shape index (κ2) is 3.85. The van der Waals surface area contributed by atoms with E-state index in [1.807, 2.05) is 12.1 Å². The van der Waals surface area contributed by atoms with E-state index in [2.05, 4.69) is 26.5 Å². The molecule has 2 heteroatoms. The Balaban J connectivity index is 3.14. The molecular formula is C10H15NS. The molecule has 0 heterocycles. The molecular weight excluding hydrogens is 166 g/mol. The highest BCUT2D eigenvalue weighted by Gasteiger charge is 2.04. The quantitative estimate of drug-likeness (QED) is 0.532. The zero-order valence-electron chi connectivity index (χ0n) is 7.59. The lowest BCUT2D eigenvalue weighted by Crippen LogP contribution is -1.97. The molecule has 0 unspecified atom stereocenters. The van der Waals surface area contributed by atoms with Gasteiger partial charge in [-0.2, -0.15) is 0 Å². The fourth-order valence-corrected chi connectivity index (χ4v) is 1.56. The van der Waals surface area contributed by atoms with Gasteiger partial charge in [0.25, 0.3) is 0 Å². The van der Waals surface area contributed by atoms with E-state index >= 15 is 0 Å². The lowest BCUT2D eigenvalue weighted by Gasteiger charge is -2.09. The molecule has 66 valence electrons. The van der Waals surface area contributed by atoms with Crippen LogP contribution >= 0.6 is 12.6 Å². The number of nitrogen functional groups attached to an aromatic ring is 1. The van der Waals surface area contributed by atoms with Crippen molar-refractivity contribution >= 4 is 18.3 Å². The molecule has 1 aromatic rings. The summed E-state index contributed by atoms with van der Waals surface area (Å²) in [6, 6.07) is 3.88. The average molecular weight is 181 g/mol. The molecule has 0 saturated heterocycles. The Morgan fingerprint density at radius 2 is 2.08 bits per heavy atom. The maximum atomic E-state index is 5.84. The second-order valence-corrected chi connectivity index (χ2v) is 3.51. The molecule has 0 aromatic heterocycles. The first kappa shape index (κ1) is 9.46. The van der Waals surface area contributed by atoms with E-state index in [4.69, 9.17) is 5.73 Å². The number of hydrogen-bond donors (Lipinski definition) is 2. The summed E-state index contributed by atoms with van der Waals surface area (Å²) >= 11 is 4.35. The summed E-state index contributed by atoms with van der Waals surface area (Å²) in [5, 5.41) is 0. The monoisotopic (exact) mass is 181 g/mol. The summed E-state index contributed by atoms with van der Waals surface area (Å²) < 4.78 is 0. The molecule has 12 heavy (non-hydrogen) atoms. The Kier molecular flexibility index (Phi) is 3.04. The molecule has 0 radical (unpaired) electrons. The summed E-state index contributed by atoms with van der Waals surface area (Å²) in [7, 11) is 0. The van der Waals surface area contributed by atoms with Crippen molar-refractivity contribution < 1.29 is 0 Å². The Labute approximate surface area is 79.4 Å². The topological polar surface area (TPSA) is 26.0 Å². The molecule has 0 spiro atoms. The van der Waals surface area contributed by atoms with Crippen molar-refractivity contribution in [2.45, 2.75) is 31.6 Å². The smallest absolute Gasteiger partial charge is 0.0350 e. The van der Waals surface area contributed by atoms with E-state index in [0.717, 1.165) is 23.4 Å². The maximum Gasteiger partial charge on any atom is 0.0350 e. The zero-order chi connectivity index (χ0) is 9.14. The summed E-state index contributed by atoms with van der Waals surface area (Å²) in [6.45, 7) is 4.23. The van der Waals surface area contributed by atoms with Crippen molar-refractivity contribution in [3.8, 4) is 0 Å². The van der Waals surface area contributed by atoms with Gasteiger partial charge >= 0.3 is 0 Å². The number of hydrogen-bond acceptors (Lipinski definition) is 2. The molecule has 2 N–H and O–H groups in total. The van der Waals surface area contributed by atoms with Crippen molar-refractivity contribution in [1.82, 2.24) is 0 Å². The Morgan fingerprint density at radius 1 is 1.42 bits per heavy atom. The number of nitrogens with two attached hydrogens (primary N) is 1. The summed E-state index contributed by atoms with van der Waals surface area (Å²) in [6.07, 6.45) is 2.17. The third-order valence-corrected chi connectivity index (χ3v) is 2.59. The number of rotatable bonds is 2. The van der Waals surface area contributed by atoms with Crippen LogP contribution in [0.3, 0.4) is 0 Å². The SMILES string of the molecule is CCCc1c(N)ccc(S)c1C. The molecule has 0 aliphatic heterocycles. The fourth-order valence-electron chi connectivity index (χ4n) is 1.35. The van der Waals surface area contributed by atoms with Gasteiger partial charge < -0.3 is 5.73 Å². The Morgan fingerprint density at radius 3 is 2.67 bits per heavy atom. The normalized spacial score (nSPS) is 10.2. The van der Waals surface area contributed by atoms with Crippen LogP contribution in [0.25, 0.3) is 0 Å². The van der Waals surface area contributed by atoms with Crippen molar-refractivity contribution in [2.75, 3.05) is 5.73 Å². The van der Waals surface area contributed by atoms with Crippen molar-refractivity contribution in [3.05, 3.63) is 23.3 Å². The van der Waals surface area contributed by atoms with E-state index in [1.165, 1.54) is 11.1 Å². The van der Waals surface area contributed by atoms with Crippen molar-refractivity contribution in [3.63, 3.8) is 0 Å². The lowest BCUT2D eigenvalue weighted by molar-refractivity contribution is 0.909. The van der Waals surface area contributed by atoms with Gasteiger partial charge in [0.2, 0.25) is 0 Å². The van der Waals surface area contributed by atoms with Gasteiger partial charge in [0, 0.05) is 10.6 Å². The predicted octanol–water partition coefficient (Wildman–Crippen LogP) is 2.82. The van der Waals surface area contributed by atoms with E-state index < -0.39 is 0 Å². The van der Waals surface area contributed by atoms with Crippen LogP contribution in [0.5, 0.6) is 0 Å². The molecule has 1 rings (SSSR count). The number of thiol groups is 1. The lowest BCUT2D eigenvalue weighted by atomic mass is 10.0. The van der Waals surface area contributed by atoms with Crippen LogP contribution in [-0.2, 0) is 6.42 Å². The summed E-state index contributed by atoms with van der Waals surface area (Å²) in [5.74, 6) is 0. The minimum absolute atomic E-state index is 0.896. The van der Waals surface area contributed by atoms with Crippen LogP contribution < -0.4 is 5.73 Å². The average Bonchev–Trinajstić information content (AvgIpc) is 2.06. The first-order chi connectivity index (χ1) is 5.66. The van der Waals surface area contributed by atoms with Gasteiger partial charge in [-0.25, -0.2) is 0 Å². The van der Waals surface area contributed by atoms with Crippen LogP contribution in [0.4, 0.5) is 5.69 Å². The molecule has 0 aliphatic rings. The van der Waals surface area contributed by atoms with Crippen LogP contribution in [0.2, 0.25) is 0 Å². The molecule has 0 saturated carbocycles. The molecule has 1 aromatic carbocycles. The number of benzene rings is 1. The van der Waals surface area contributed by atoms with Crippen LogP contribution in [0.1, 0.15) is 24.5 Å². The van der Waals surface area contributed by atoms with Crippen LogP contribution in [0, 0.1) is 6.92 Å². The third kappa shape index (κ3) is 1.75. The van der Waals surface area contributed by atoms with E-state index in [-0.39, 0.29) is 0 Å². The number of anilines is 1. The molecule has 0 aliphatic carbocycles. The highest BCUT2D eigenvalue weighted by atomic mass is 32.1. The Bertz CT molecular complexity index is 281. The van der Waals surface area contributed by atoms with Gasteiger partial charge in [-0.05, 0) is 36.6 Å². The predicted molar refractivity (Wildman–Crippen MR) is 56.8 cm³/mol. The molecule has 0 atom stereocenters. The fraction of sp³-hybridized carbons (Fsp3) is 0.400. The summed E-state index contributed by atoms with van der Waals surface area (Å²) in [4.78, 5) is 1.03. The largest absolute Gasteiger partial charge is 0.398 e. The van der Waals surface area contributed by atoms with E-state index in [9.17, 15) is 0 Å². The van der Waals surface area contributed by atoms with Gasteiger partial charge in [0.1, 0.15) is 0 Å². The molecule has 0 fully saturated rings. The highest BCUT2D eigenvalue weighted by molar-refractivity contribution is 7.80.